The molecule has 1 aliphatic heterocycles. The van der Waals surface area contributed by atoms with Crippen LogP contribution in [-0.4, -0.2) is 32.5 Å². The predicted molar refractivity (Wildman–Crippen MR) is 115 cm³/mol. The van der Waals surface area contributed by atoms with Crippen molar-refractivity contribution in [3.8, 4) is 11.3 Å². The molecule has 0 saturated carbocycles. The average Bonchev–Trinajstić information content (AvgIpc) is 3.08. The highest BCUT2D eigenvalue weighted by atomic mass is 16.5. The van der Waals surface area contributed by atoms with Crippen molar-refractivity contribution >= 4 is 5.91 Å². The fraction of sp³-hybridized carbons (Fsp3) is 0.417. The normalized spacial score (nSPS) is 16.7. The lowest BCUT2D eigenvalue weighted by Gasteiger charge is -2.36. The van der Waals surface area contributed by atoms with Crippen LogP contribution in [0.25, 0.3) is 11.3 Å². The van der Waals surface area contributed by atoms with E-state index in [-0.39, 0.29) is 11.9 Å². The van der Waals surface area contributed by atoms with Gasteiger partial charge in [0.1, 0.15) is 5.82 Å². The molecule has 6 nitrogen and oxygen atoms in total. The second-order valence-electron chi connectivity index (χ2n) is 8.20. The highest BCUT2D eigenvalue weighted by molar-refractivity contribution is 5.80. The van der Waals surface area contributed by atoms with Crippen LogP contribution in [0.15, 0.2) is 35.0 Å². The van der Waals surface area contributed by atoms with Gasteiger partial charge in [-0.1, -0.05) is 35.0 Å². The molecule has 1 saturated heterocycles. The molecule has 1 amide bonds. The van der Waals surface area contributed by atoms with E-state index in [0.29, 0.717) is 18.0 Å². The molecule has 1 fully saturated rings. The fourth-order valence-electron chi connectivity index (χ4n) is 4.08. The van der Waals surface area contributed by atoms with Gasteiger partial charge in [-0.05, 0) is 52.5 Å². The summed E-state index contributed by atoms with van der Waals surface area (Å²) in [6.45, 7) is 8.60. The quantitative estimate of drug-likeness (QED) is 0.632. The third-order valence-electron chi connectivity index (χ3n) is 5.96. The van der Waals surface area contributed by atoms with Gasteiger partial charge in [-0.15, -0.1) is 0 Å². The molecule has 4 rings (SSSR count). The molecule has 156 valence electrons. The highest BCUT2D eigenvalue weighted by Crippen LogP contribution is 2.37. The molecule has 0 aliphatic carbocycles. The van der Waals surface area contributed by atoms with Gasteiger partial charge in [-0.3, -0.25) is 4.79 Å². The summed E-state index contributed by atoms with van der Waals surface area (Å²) in [6, 6.07) is 8.09. The first-order valence-electron chi connectivity index (χ1n) is 10.6. The van der Waals surface area contributed by atoms with Crippen LogP contribution in [0.5, 0.6) is 0 Å². The molecule has 0 unspecified atom stereocenters. The number of likely N-dealkylation sites (tertiary alicyclic amines) is 1. The van der Waals surface area contributed by atoms with Crippen molar-refractivity contribution in [3.05, 3.63) is 64.4 Å². The summed E-state index contributed by atoms with van der Waals surface area (Å²) in [4.78, 5) is 24.5. The first-order valence-corrected chi connectivity index (χ1v) is 10.6. The molecule has 1 aliphatic rings. The summed E-state index contributed by atoms with van der Waals surface area (Å²) in [5.74, 6) is 1.52. The minimum atomic E-state index is -0.0850. The number of hydrogen-bond donors (Lipinski definition) is 0. The van der Waals surface area contributed by atoms with Crippen molar-refractivity contribution in [1.82, 2.24) is 20.0 Å². The van der Waals surface area contributed by atoms with Crippen molar-refractivity contribution in [2.45, 2.75) is 59.4 Å². The van der Waals surface area contributed by atoms with Crippen molar-refractivity contribution in [2.75, 3.05) is 6.54 Å². The zero-order valence-corrected chi connectivity index (χ0v) is 18.1. The van der Waals surface area contributed by atoms with E-state index in [1.165, 1.54) is 5.56 Å². The number of rotatable bonds is 4. The maximum absolute atomic E-state index is 13.3. The molecule has 3 aromatic rings. The third-order valence-corrected chi connectivity index (χ3v) is 5.96. The van der Waals surface area contributed by atoms with Crippen LogP contribution < -0.4 is 0 Å². The second-order valence-corrected chi connectivity index (χ2v) is 8.20. The molecular weight excluding hydrogens is 376 g/mol. The van der Waals surface area contributed by atoms with Gasteiger partial charge in [0, 0.05) is 18.3 Å². The Bertz CT molecular complexity index is 1060. The van der Waals surface area contributed by atoms with Crippen LogP contribution in [0.4, 0.5) is 0 Å². The van der Waals surface area contributed by atoms with E-state index in [2.05, 4.69) is 29.2 Å². The average molecular weight is 405 g/mol. The minimum Gasteiger partial charge on any atom is -0.356 e. The van der Waals surface area contributed by atoms with Crippen LogP contribution in [-0.2, 0) is 11.2 Å². The number of benzene rings is 1. The lowest BCUT2D eigenvalue weighted by molar-refractivity contribution is -0.134. The van der Waals surface area contributed by atoms with E-state index in [1.54, 1.807) is 0 Å². The number of carbonyl (C=O) groups is 1. The van der Waals surface area contributed by atoms with Crippen molar-refractivity contribution in [1.29, 1.82) is 0 Å². The van der Waals surface area contributed by atoms with Gasteiger partial charge < -0.3 is 9.42 Å². The third kappa shape index (κ3) is 3.99. The zero-order chi connectivity index (χ0) is 21.3. The molecule has 2 aromatic heterocycles. The molecule has 0 radical (unpaired) electrons. The monoisotopic (exact) mass is 404 g/mol. The zero-order valence-electron chi connectivity index (χ0n) is 18.1. The smallest absolute Gasteiger partial charge is 0.227 e. The molecule has 6 heteroatoms. The molecule has 0 N–H and O–H groups in total. The Morgan fingerprint density at radius 2 is 1.90 bits per heavy atom. The number of carbonyl (C=O) groups excluding carboxylic acids is 1. The van der Waals surface area contributed by atoms with Gasteiger partial charge in [-0.25, -0.2) is 9.97 Å². The van der Waals surface area contributed by atoms with E-state index in [9.17, 15) is 4.79 Å². The van der Waals surface area contributed by atoms with Gasteiger partial charge in [0.05, 0.1) is 29.4 Å². The van der Waals surface area contributed by atoms with E-state index >= 15 is 0 Å². The van der Waals surface area contributed by atoms with Gasteiger partial charge in [0.2, 0.25) is 5.91 Å². The molecule has 3 heterocycles. The van der Waals surface area contributed by atoms with Crippen molar-refractivity contribution in [3.63, 3.8) is 0 Å². The largest absolute Gasteiger partial charge is 0.356 e. The lowest BCUT2D eigenvalue weighted by atomic mass is 9.94. The predicted octanol–water partition coefficient (Wildman–Crippen LogP) is 4.66. The van der Waals surface area contributed by atoms with Crippen LogP contribution in [0.2, 0.25) is 0 Å². The second kappa shape index (κ2) is 8.38. The summed E-state index contributed by atoms with van der Waals surface area (Å²) in [5, 5.41) is 4.11. The number of hydrogen-bond acceptors (Lipinski definition) is 5. The number of aryl methyl sites for hydroxylation is 3. The Labute approximate surface area is 177 Å². The van der Waals surface area contributed by atoms with Crippen LogP contribution in [0, 0.1) is 27.7 Å². The molecule has 30 heavy (non-hydrogen) atoms. The molecule has 0 spiro atoms. The maximum atomic E-state index is 13.3. The van der Waals surface area contributed by atoms with Crippen LogP contribution in [0.3, 0.4) is 0 Å². The van der Waals surface area contributed by atoms with Gasteiger partial charge in [0.25, 0.3) is 0 Å². The molecular formula is C24H28N4O2. The Morgan fingerprint density at radius 1 is 1.13 bits per heavy atom. The number of piperidine rings is 1. The Morgan fingerprint density at radius 3 is 2.60 bits per heavy atom. The van der Waals surface area contributed by atoms with Gasteiger partial charge in [0.15, 0.2) is 5.76 Å². The first kappa shape index (κ1) is 20.3. The molecule has 1 atom stereocenters. The van der Waals surface area contributed by atoms with E-state index in [4.69, 9.17) is 9.51 Å². The summed E-state index contributed by atoms with van der Waals surface area (Å²) in [6.07, 6.45) is 5.17. The van der Waals surface area contributed by atoms with Crippen molar-refractivity contribution in [2.24, 2.45) is 0 Å². The molecule has 1 aromatic carbocycles. The summed E-state index contributed by atoms with van der Waals surface area (Å²) in [7, 11) is 0. The number of aromatic nitrogens is 3. The first-order chi connectivity index (χ1) is 14.4. The van der Waals surface area contributed by atoms with E-state index < -0.39 is 0 Å². The molecule has 0 bridgehead atoms. The Hall–Kier alpha value is -3.02. The standard InChI is InChI=1S/C24H28N4O2/c1-15-8-10-19(11-9-15)13-22(29)28-12-6-5-7-21(28)23-20(14-25-18(4)26-23)24-16(2)17(3)27-30-24/h8-11,14,21H,5-7,12-13H2,1-4H3/t21-/m1/s1. The van der Waals surface area contributed by atoms with Crippen LogP contribution >= 0.6 is 0 Å². The topological polar surface area (TPSA) is 72.1 Å². The summed E-state index contributed by atoms with van der Waals surface area (Å²) < 4.78 is 5.62. The van der Waals surface area contributed by atoms with Gasteiger partial charge >= 0.3 is 0 Å². The van der Waals surface area contributed by atoms with Gasteiger partial charge in [-0.2, -0.15) is 0 Å². The number of amides is 1. The van der Waals surface area contributed by atoms with Crippen LogP contribution in [0.1, 0.15) is 59.2 Å². The fourth-order valence-corrected chi connectivity index (χ4v) is 4.08. The SMILES string of the molecule is Cc1ccc(CC(=O)N2CCCC[C@@H]2c2nc(C)ncc2-c2onc(C)c2C)cc1. The van der Waals surface area contributed by atoms with Crippen molar-refractivity contribution < 1.29 is 9.32 Å². The minimum absolute atomic E-state index is 0.0850. The van der Waals surface area contributed by atoms with E-state index in [0.717, 1.165) is 53.9 Å². The summed E-state index contributed by atoms with van der Waals surface area (Å²) in [5.41, 5.74) is 5.76. The lowest BCUT2D eigenvalue weighted by Crippen LogP contribution is -2.40. The maximum Gasteiger partial charge on any atom is 0.227 e. The number of nitrogens with zero attached hydrogens (tertiary/aromatic N) is 4. The highest BCUT2D eigenvalue weighted by Gasteiger charge is 2.32. The summed E-state index contributed by atoms with van der Waals surface area (Å²) >= 11 is 0. The Balaban J connectivity index is 1.69. The van der Waals surface area contributed by atoms with E-state index in [1.807, 2.05) is 44.0 Å². The Kier molecular flexibility index (Phi) is 5.66.